The van der Waals surface area contributed by atoms with Crippen molar-refractivity contribution in [2.24, 2.45) is 0 Å². The molecule has 0 aliphatic carbocycles. The molecular weight excluding hydrogens is 314 g/mol. The molecule has 0 aliphatic heterocycles. The van der Waals surface area contributed by atoms with Crippen LogP contribution in [0.15, 0.2) is 27.6 Å². The van der Waals surface area contributed by atoms with Crippen LogP contribution in [0.3, 0.4) is 0 Å². The van der Waals surface area contributed by atoms with E-state index in [0.29, 0.717) is 12.1 Å². The summed E-state index contributed by atoms with van der Waals surface area (Å²) in [5.41, 5.74) is 6.07. The number of hydrogen-bond acceptors (Lipinski definition) is 3. The van der Waals surface area contributed by atoms with Crippen molar-refractivity contribution in [3.63, 3.8) is 0 Å². The van der Waals surface area contributed by atoms with Crippen LogP contribution in [0, 0.1) is 0 Å². The van der Waals surface area contributed by atoms with Gasteiger partial charge in [-0.1, -0.05) is 48.5 Å². The molecule has 0 unspecified atom stereocenters. The Balaban J connectivity index is 2.63. The van der Waals surface area contributed by atoms with Gasteiger partial charge in [-0.2, -0.15) is 0 Å². The zero-order chi connectivity index (χ0) is 13.6. The van der Waals surface area contributed by atoms with Crippen molar-refractivity contribution >= 4 is 31.5 Å². The molecule has 2 N–H and O–H groups in total. The van der Waals surface area contributed by atoms with Gasteiger partial charge in [0.25, 0.3) is 0 Å². The van der Waals surface area contributed by atoms with Crippen LogP contribution in [0.2, 0.25) is 0 Å². The third kappa shape index (κ3) is 4.61. The number of halogens is 1. The van der Waals surface area contributed by atoms with E-state index >= 15 is 0 Å². The third-order valence-corrected chi connectivity index (χ3v) is 5.18. The van der Waals surface area contributed by atoms with Crippen LogP contribution in [0.1, 0.15) is 39.0 Å². The number of unbranched alkanes of at least 4 members (excludes halogenated alkanes) is 4. The fraction of sp³-hybridized carbons (Fsp3) is 0.538. The summed E-state index contributed by atoms with van der Waals surface area (Å²) in [6.45, 7) is 2.14. The Bertz CT molecular complexity index is 486. The summed E-state index contributed by atoms with van der Waals surface area (Å²) in [4.78, 5) is 0.251. The molecule has 3 nitrogen and oxygen atoms in total. The molecule has 0 saturated heterocycles. The maximum atomic E-state index is 12.1. The Hall–Kier alpha value is -0.550. The minimum absolute atomic E-state index is 0.183. The van der Waals surface area contributed by atoms with Gasteiger partial charge in [0.15, 0.2) is 9.84 Å². The van der Waals surface area contributed by atoms with E-state index in [1.807, 2.05) is 0 Å². The van der Waals surface area contributed by atoms with Crippen molar-refractivity contribution in [3.8, 4) is 0 Å². The van der Waals surface area contributed by atoms with Gasteiger partial charge in [0.2, 0.25) is 0 Å². The van der Waals surface area contributed by atoms with Crippen molar-refractivity contribution < 1.29 is 8.42 Å². The first-order valence-electron chi connectivity index (χ1n) is 6.25. The summed E-state index contributed by atoms with van der Waals surface area (Å²) < 4.78 is 25.0. The number of benzene rings is 1. The van der Waals surface area contributed by atoms with Crippen LogP contribution in [0.25, 0.3) is 0 Å². The lowest BCUT2D eigenvalue weighted by molar-refractivity contribution is 0.587. The highest BCUT2D eigenvalue weighted by molar-refractivity contribution is 9.10. The predicted molar refractivity (Wildman–Crippen MR) is 79.4 cm³/mol. The zero-order valence-corrected chi connectivity index (χ0v) is 13.1. The molecule has 0 fully saturated rings. The predicted octanol–water partition coefficient (Wildman–Crippen LogP) is 3.78. The van der Waals surface area contributed by atoms with Gasteiger partial charge in [0.05, 0.1) is 16.3 Å². The summed E-state index contributed by atoms with van der Waals surface area (Å²) in [6.07, 6.45) is 5.09. The van der Waals surface area contributed by atoms with Crippen molar-refractivity contribution in [1.29, 1.82) is 0 Å². The summed E-state index contributed by atoms with van der Waals surface area (Å²) in [5.74, 6) is 0.183. The molecule has 0 saturated carbocycles. The lowest BCUT2D eigenvalue weighted by Gasteiger charge is -2.07. The molecular formula is C13H20BrNO2S. The molecule has 0 amide bonds. The van der Waals surface area contributed by atoms with Crippen molar-refractivity contribution in [1.82, 2.24) is 0 Å². The quantitative estimate of drug-likeness (QED) is 0.610. The van der Waals surface area contributed by atoms with Crippen LogP contribution < -0.4 is 5.73 Å². The number of anilines is 1. The minimum Gasteiger partial charge on any atom is -0.398 e. The van der Waals surface area contributed by atoms with Crippen LogP contribution in [-0.2, 0) is 9.84 Å². The monoisotopic (exact) mass is 333 g/mol. The highest BCUT2D eigenvalue weighted by Gasteiger charge is 2.17. The lowest BCUT2D eigenvalue weighted by atomic mass is 10.2. The number of nitrogens with two attached hydrogens (primary N) is 1. The average Bonchev–Trinajstić information content (AvgIpc) is 2.28. The van der Waals surface area contributed by atoms with E-state index in [1.54, 1.807) is 18.2 Å². The Morgan fingerprint density at radius 1 is 1.17 bits per heavy atom. The Morgan fingerprint density at radius 2 is 1.83 bits per heavy atom. The van der Waals surface area contributed by atoms with E-state index in [1.165, 1.54) is 6.42 Å². The first-order valence-corrected chi connectivity index (χ1v) is 8.69. The molecule has 0 aliphatic rings. The Labute approximate surface area is 118 Å². The molecule has 1 aromatic carbocycles. The average molecular weight is 334 g/mol. The molecule has 1 aromatic rings. The molecule has 102 valence electrons. The lowest BCUT2D eigenvalue weighted by Crippen LogP contribution is -2.09. The second-order valence-corrected chi connectivity index (χ2v) is 7.41. The van der Waals surface area contributed by atoms with Crippen LogP contribution in [0.4, 0.5) is 5.69 Å². The number of hydrogen-bond donors (Lipinski definition) is 1. The van der Waals surface area contributed by atoms with Gasteiger partial charge in [-0.15, -0.1) is 0 Å². The van der Waals surface area contributed by atoms with Crippen LogP contribution >= 0.6 is 15.9 Å². The zero-order valence-electron chi connectivity index (χ0n) is 10.7. The largest absolute Gasteiger partial charge is 0.398 e. The molecule has 18 heavy (non-hydrogen) atoms. The fourth-order valence-corrected chi connectivity index (χ4v) is 3.68. The second-order valence-electron chi connectivity index (χ2n) is 4.42. The molecule has 0 heterocycles. The SMILES string of the molecule is CCCCCCCS(=O)(=O)c1ccc(Br)cc1N. The van der Waals surface area contributed by atoms with Gasteiger partial charge in [-0.3, -0.25) is 0 Å². The van der Waals surface area contributed by atoms with Gasteiger partial charge in [0.1, 0.15) is 0 Å². The Kier molecular flexibility index (Phi) is 6.15. The summed E-state index contributed by atoms with van der Waals surface area (Å²) in [6, 6.07) is 4.91. The van der Waals surface area contributed by atoms with Gasteiger partial charge < -0.3 is 5.73 Å². The smallest absolute Gasteiger partial charge is 0.180 e. The second kappa shape index (κ2) is 7.14. The maximum Gasteiger partial charge on any atom is 0.180 e. The fourth-order valence-electron chi connectivity index (χ4n) is 1.81. The summed E-state index contributed by atoms with van der Waals surface area (Å²) in [5, 5.41) is 0. The van der Waals surface area contributed by atoms with E-state index in [4.69, 9.17) is 5.73 Å². The third-order valence-electron chi connectivity index (χ3n) is 2.82. The summed E-state index contributed by atoms with van der Waals surface area (Å²) >= 11 is 3.27. The standard InChI is InChI=1S/C13H20BrNO2S/c1-2-3-4-5-6-9-18(16,17)13-8-7-11(14)10-12(13)15/h7-8,10H,2-6,9,15H2,1H3. The number of rotatable bonds is 7. The molecule has 5 heteroatoms. The van der Waals surface area contributed by atoms with Crippen LogP contribution in [0.5, 0.6) is 0 Å². The van der Waals surface area contributed by atoms with E-state index in [-0.39, 0.29) is 10.6 Å². The van der Waals surface area contributed by atoms with E-state index < -0.39 is 9.84 Å². The van der Waals surface area contributed by atoms with Gasteiger partial charge in [-0.25, -0.2) is 8.42 Å². The molecule has 1 rings (SSSR count). The number of sulfone groups is 1. The Morgan fingerprint density at radius 3 is 2.44 bits per heavy atom. The first kappa shape index (κ1) is 15.5. The molecule has 0 spiro atoms. The van der Waals surface area contributed by atoms with Crippen molar-refractivity contribution in [2.75, 3.05) is 11.5 Å². The molecule has 0 aromatic heterocycles. The highest BCUT2D eigenvalue weighted by Crippen LogP contribution is 2.24. The molecule has 0 bridgehead atoms. The van der Waals surface area contributed by atoms with E-state index in [2.05, 4.69) is 22.9 Å². The van der Waals surface area contributed by atoms with Gasteiger partial charge >= 0.3 is 0 Å². The normalized spacial score (nSPS) is 11.7. The molecule has 0 radical (unpaired) electrons. The van der Waals surface area contributed by atoms with Gasteiger partial charge in [0, 0.05) is 4.47 Å². The van der Waals surface area contributed by atoms with E-state index in [0.717, 1.165) is 23.7 Å². The highest BCUT2D eigenvalue weighted by atomic mass is 79.9. The van der Waals surface area contributed by atoms with Crippen LogP contribution in [-0.4, -0.2) is 14.2 Å². The first-order chi connectivity index (χ1) is 8.47. The summed E-state index contributed by atoms with van der Waals surface area (Å²) in [7, 11) is -3.24. The number of nitrogen functional groups attached to an aromatic ring is 1. The van der Waals surface area contributed by atoms with E-state index in [9.17, 15) is 8.42 Å². The van der Waals surface area contributed by atoms with Crippen molar-refractivity contribution in [2.45, 2.75) is 43.9 Å². The minimum atomic E-state index is -3.24. The topological polar surface area (TPSA) is 60.2 Å². The molecule has 0 atom stereocenters. The van der Waals surface area contributed by atoms with Crippen molar-refractivity contribution in [3.05, 3.63) is 22.7 Å². The maximum absolute atomic E-state index is 12.1. The van der Waals surface area contributed by atoms with Gasteiger partial charge in [-0.05, 0) is 24.6 Å².